The number of rotatable bonds is 7. The maximum Gasteiger partial charge on any atom is 0.255 e. The lowest BCUT2D eigenvalue weighted by atomic mass is 10.2. The number of hydrogen-bond donors (Lipinski definition) is 2. The molecule has 0 saturated carbocycles. The van der Waals surface area contributed by atoms with Crippen LogP contribution in [0.15, 0.2) is 53.4 Å². The van der Waals surface area contributed by atoms with Crippen LogP contribution in [0.5, 0.6) is 0 Å². The number of hydrogen-bond acceptors (Lipinski definition) is 3. The molecule has 0 spiro atoms. The van der Waals surface area contributed by atoms with E-state index in [1.165, 1.54) is 48.5 Å². The Kier molecular flexibility index (Phi) is 6.05. The number of carbonyl (C=O) groups is 1. The van der Waals surface area contributed by atoms with Gasteiger partial charge >= 0.3 is 0 Å². The predicted octanol–water partition coefficient (Wildman–Crippen LogP) is 3.16. The molecule has 2 aromatic rings. The second kappa shape index (κ2) is 8.03. The van der Waals surface area contributed by atoms with Gasteiger partial charge in [0.25, 0.3) is 5.91 Å². The highest BCUT2D eigenvalue weighted by Crippen LogP contribution is 2.14. The van der Waals surface area contributed by atoms with Crippen molar-refractivity contribution in [3.8, 4) is 0 Å². The molecule has 2 N–H and O–H groups in total. The molecule has 0 heterocycles. The van der Waals surface area contributed by atoms with Crippen molar-refractivity contribution in [2.45, 2.75) is 24.7 Å². The van der Waals surface area contributed by atoms with Crippen molar-refractivity contribution in [3.63, 3.8) is 0 Å². The van der Waals surface area contributed by atoms with E-state index in [0.29, 0.717) is 12.2 Å². The van der Waals surface area contributed by atoms with E-state index in [0.717, 1.165) is 12.8 Å². The van der Waals surface area contributed by atoms with E-state index in [1.54, 1.807) is 0 Å². The Bertz CT molecular complexity index is 805. The van der Waals surface area contributed by atoms with Gasteiger partial charge in [-0.1, -0.05) is 19.4 Å². The zero-order valence-corrected chi connectivity index (χ0v) is 14.1. The molecule has 0 radical (unpaired) electrons. The third-order valence-corrected chi connectivity index (χ3v) is 4.79. The number of amides is 1. The van der Waals surface area contributed by atoms with Crippen molar-refractivity contribution < 1.29 is 17.6 Å². The predicted molar refractivity (Wildman–Crippen MR) is 90.9 cm³/mol. The van der Waals surface area contributed by atoms with Crippen LogP contribution in [0, 0.1) is 5.82 Å². The molecule has 1 amide bonds. The molecular formula is C17H19FN2O3S. The Morgan fingerprint density at radius 3 is 2.50 bits per heavy atom. The number of anilines is 1. The highest BCUT2D eigenvalue weighted by molar-refractivity contribution is 7.89. The number of sulfonamides is 1. The summed E-state index contributed by atoms with van der Waals surface area (Å²) in [5, 5.41) is 2.60. The zero-order valence-electron chi connectivity index (χ0n) is 13.3. The molecule has 7 heteroatoms. The van der Waals surface area contributed by atoms with Gasteiger partial charge in [0.05, 0.1) is 4.90 Å². The van der Waals surface area contributed by atoms with Crippen LogP contribution in [-0.2, 0) is 10.0 Å². The average Bonchev–Trinajstić information content (AvgIpc) is 2.57. The first kappa shape index (κ1) is 18.1. The molecule has 0 aliphatic heterocycles. The van der Waals surface area contributed by atoms with Crippen molar-refractivity contribution in [1.29, 1.82) is 0 Å². The molecule has 0 atom stereocenters. The third kappa shape index (κ3) is 4.87. The van der Waals surface area contributed by atoms with E-state index in [4.69, 9.17) is 0 Å². The van der Waals surface area contributed by atoms with Crippen LogP contribution in [0.1, 0.15) is 30.1 Å². The van der Waals surface area contributed by atoms with E-state index >= 15 is 0 Å². The molecule has 0 saturated heterocycles. The summed E-state index contributed by atoms with van der Waals surface area (Å²) < 4.78 is 39.8. The summed E-state index contributed by atoms with van der Waals surface area (Å²) in [7, 11) is -3.65. The summed E-state index contributed by atoms with van der Waals surface area (Å²) in [4.78, 5) is 12.3. The third-order valence-electron chi connectivity index (χ3n) is 3.33. The van der Waals surface area contributed by atoms with Gasteiger partial charge in [0, 0.05) is 17.8 Å². The maximum absolute atomic E-state index is 12.9. The summed E-state index contributed by atoms with van der Waals surface area (Å²) in [5.74, 6) is -0.869. The quantitative estimate of drug-likeness (QED) is 0.753. The zero-order chi connectivity index (χ0) is 17.6. The maximum atomic E-state index is 12.9. The van der Waals surface area contributed by atoms with Gasteiger partial charge in [-0.25, -0.2) is 17.5 Å². The number of unbranched alkanes of at least 4 members (excludes halogenated alkanes) is 1. The van der Waals surface area contributed by atoms with Crippen LogP contribution in [0.25, 0.3) is 0 Å². The average molecular weight is 350 g/mol. The molecule has 24 heavy (non-hydrogen) atoms. The van der Waals surface area contributed by atoms with Gasteiger partial charge < -0.3 is 5.32 Å². The van der Waals surface area contributed by atoms with Crippen molar-refractivity contribution in [3.05, 3.63) is 59.9 Å². The monoisotopic (exact) mass is 350 g/mol. The second-order valence-electron chi connectivity index (χ2n) is 5.24. The van der Waals surface area contributed by atoms with Crippen molar-refractivity contribution in [1.82, 2.24) is 4.72 Å². The first-order chi connectivity index (χ1) is 11.4. The SMILES string of the molecule is CCCCNS(=O)(=O)c1cccc(C(=O)Nc2ccc(F)cc2)c1. The lowest BCUT2D eigenvalue weighted by Gasteiger charge is -2.09. The van der Waals surface area contributed by atoms with E-state index < -0.39 is 21.7 Å². The van der Waals surface area contributed by atoms with Gasteiger partial charge in [-0.15, -0.1) is 0 Å². The van der Waals surface area contributed by atoms with Crippen LogP contribution >= 0.6 is 0 Å². The Labute approximate surface area is 141 Å². The fourth-order valence-electron chi connectivity index (χ4n) is 2.01. The fourth-order valence-corrected chi connectivity index (χ4v) is 3.13. The fraction of sp³-hybridized carbons (Fsp3) is 0.235. The molecule has 0 bridgehead atoms. The summed E-state index contributed by atoms with van der Waals surface area (Å²) in [6.07, 6.45) is 1.62. The normalized spacial score (nSPS) is 11.2. The van der Waals surface area contributed by atoms with Gasteiger partial charge in [-0.2, -0.15) is 0 Å². The molecule has 2 aromatic carbocycles. The lowest BCUT2D eigenvalue weighted by molar-refractivity contribution is 0.102. The van der Waals surface area contributed by atoms with Crippen LogP contribution in [0.2, 0.25) is 0 Å². The molecule has 128 valence electrons. The minimum atomic E-state index is -3.65. The van der Waals surface area contributed by atoms with Gasteiger partial charge in [-0.05, 0) is 48.9 Å². The van der Waals surface area contributed by atoms with Crippen LogP contribution in [-0.4, -0.2) is 20.9 Å². The van der Waals surface area contributed by atoms with E-state index in [9.17, 15) is 17.6 Å². The molecular weight excluding hydrogens is 331 g/mol. The largest absolute Gasteiger partial charge is 0.322 e. The van der Waals surface area contributed by atoms with Crippen LogP contribution < -0.4 is 10.0 Å². The minimum Gasteiger partial charge on any atom is -0.322 e. The number of benzene rings is 2. The summed E-state index contributed by atoms with van der Waals surface area (Å²) in [6, 6.07) is 11.1. The van der Waals surface area contributed by atoms with Gasteiger partial charge in [-0.3, -0.25) is 4.79 Å². The van der Waals surface area contributed by atoms with E-state index in [-0.39, 0.29) is 10.5 Å². The van der Waals surface area contributed by atoms with Gasteiger partial charge in [0.2, 0.25) is 10.0 Å². The lowest BCUT2D eigenvalue weighted by Crippen LogP contribution is -2.25. The highest BCUT2D eigenvalue weighted by Gasteiger charge is 2.15. The number of nitrogens with one attached hydrogen (secondary N) is 2. The summed E-state index contributed by atoms with van der Waals surface area (Å²) in [5.41, 5.74) is 0.633. The van der Waals surface area contributed by atoms with E-state index in [1.807, 2.05) is 6.92 Å². The van der Waals surface area contributed by atoms with Gasteiger partial charge in [0.1, 0.15) is 5.82 Å². The molecule has 0 fully saturated rings. The van der Waals surface area contributed by atoms with Gasteiger partial charge in [0.15, 0.2) is 0 Å². The van der Waals surface area contributed by atoms with Crippen LogP contribution in [0.3, 0.4) is 0 Å². The molecule has 0 unspecified atom stereocenters. The standard InChI is InChI=1S/C17H19FN2O3S/c1-2-3-11-19-24(22,23)16-6-4-5-13(12-16)17(21)20-15-9-7-14(18)8-10-15/h4-10,12,19H,2-3,11H2,1H3,(H,20,21). The Balaban J connectivity index is 2.14. The first-order valence-electron chi connectivity index (χ1n) is 7.59. The molecule has 5 nitrogen and oxygen atoms in total. The summed E-state index contributed by atoms with van der Waals surface area (Å²) in [6.45, 7) is 2.32. The first-order valence-corrected chi connectivity index (χ1v) is 9.07. The van der Waals surface area contributed by atoms with Crippen molar-refractivity contribution >= 4 is 21.6 Å². The van der Waals surface area contributed by atoms with Crippen molar-refractivity contribution in [2.75, 3.05) is 11.9 Å². The molecule has 0 aromatic heterocycles. The van der Waals surface area contributed by atoms with Crippen LogP contribution in [0.4, 0.5) is 10.1 Å². The number of carbonyl (C=O) groups excluding carboxylic acids is 1. The second-order valence-corrected chi connectivity index (χ2v) is 7.01. The van der Waals surface area contributed by atoms with E-state index in [2.05, 4.69) is 10.0 Å². The topological polar surface area (TPSA) is 75.3 Å². The summed E-state index contributed by atoms with van der Waals surface area (Å²) >= 11 is 0. The smallest absolute Gasteiger partial charge is 0.255 e. The molecule has 0 aliphatic rings. The molecule has 0 aliphatic carbocycles. The minimum absolute atomic E-state index is 0.0327. The molecule has 2 rings (SSSR count). The highest BCUT2D eigenvalue weighted by atomic mass is 32.2. The number of halogens is 1. The Hall–Kier alpha value is -2.25. The Morgan fingerprint density at radius 1 is 1.12 bits per heavy atom. The Morgan fingerprint density at radius 2 is 1.83 bits per heavy atom. The van der Waals surface area contributed by atoms with Crippen molar-refractivity contribution in [2.24, 2.45) is 0 Å².